The molecular formula is C20H14N2O3. The number of hydrogen-bond acceptors (Lipinski definition) is 5. The first-order valence-corrected chi connectivity index (χ1v) is 7.82. The van der Waals surface area contributed by atoms with E-state index >= 15 is 0 Å². The van der Waals surface area contributed by atoms with Gasteiger partial charge in [0, 0.05) is 12.5 Å². The Morgan fingerprint density at radius 3 is 2.32 bits per heavy atom. The lowest BCUT2D eigenvalue weighted by atomic mass is 10.0. The predicted molar refractivity (Wildman–Crippen MR) is 94.0 cm³/mol. The lowest BCUT2D eigenvalue weighted by Crippen LogP contribution is -2.02. The fourth-order valence-electron chi connectivity index (χ4n) is 2.74. The van der Waals surface area contributed by atoms with Crippen molar-refractivity contribution >= 4 is 16.7 Å². The van der Waals surface area contributed by atoms with Gasteiger partial charge in [-0.05, 0) is 29.0 Å². The lowest BCUT2D eigenvalue weighted by Gasteiger charge is -2.05. The summed E-state index contributed by atoms with van der Waals surface area (Å²) >= 11 is 0. The van der Waals surface area contributed by atoms with E-state index in [1.54, 1.807) is 18.2 Å². The summed E-state index contributed by atoms with van der Waals surface area (Å²) in [5.41, 5.74) is 1.44. The largest absolute Gasteiger partial charge is 0.426 e. The van der Waals surface area contributed by atoms with Crippen molar-refractivity contribution in [3.8, 4) is 28.7 Å². The third-order valence-electron chi connectivity index (χ3n) is 3.82. The molecule has 25 heavy (non-hydrogen) atoms. The van der Waals surface area contributed by atoms with Crippen molar-refractivity contribution in [3.05, 3.63) is 66.7 Å². The fraction of sp³-hybridized carbons (Fsp3) is 0.0500. The number of carbonyl (C=O) groups is 1. The molecule has 1 aromatic heterocycles. The van der Waals surface area contributed by atoms with E-state index in [2.05, 4.69) is 10.2 Å². The third kappa shape index (κ3) is 2.87. The maximum Gasteiger partial charge on any atom is 0.308 e. The Bertz CT molecular complexity index is 1060. The van der Waals surface area contributed by atoms with E-state index in [1.807, 2.05) is 48.5 Å². The van der Waals surface area contributed by atoms with Gasteiger partial charge in [-0.3, -0.25) is 4.79 Å². The highest BCUT2D eigenvalue weighted by Gasteiger charge is 2.16. The molecule has 5 nitrogen and oxygen atoms in total. The molecule has 0 spiro atoms. The van der Waals surface area contributed by atoms with E-state index in [4.69, 9.17) is 9.15 Å². The molecule has 5 heteroatoms. The predicted octanol–water partition coefficient (Wildman–Crippen LogP) is 4.48. The molecule has 3 aromatic carbocycles. The van der Waals surface area contributed by atoms with Crippen molar-refractivity contribution in [3.63, 3.8) is 0 Å². The smallest absolute Gasteiger partial charge is 0.308 e. The molecule has 0 fully saturated rings. The molecular weight excluding hydrogens is 316 g/mol. The SMILES string of the molecule is CC(=O)Oc1ccccc1-c1nnc(-c2cccc3ccccc23)o1. The number of aromatic nitrogens is 2. The standard InChI is InChI=1S/C20H14N2O3/c1-13(23)24-18-12-5-4-10-17(18)20-22-21-19(25-20)16-11-6-8-14-7-2-3-9-15(14)16/h2-12H,1H3. The Morgan fingerprint density at radius 1 is 0.840 bits per heavy atom. The van der Waals surface area contributed by atoms with E-state index in [0.29, 0.717) is 23.1 Å². The highest BCUT2D eigenvalue weighted by Crippen LogP contribution is 2.33. The van der Waals surface area contributed by atoms with Crippen LogP contribution in [0.15, 0.2) is 71.1 Å². The molecule has 0 amide bonds. The van der Waals surface area contributed by atoms with E-state index in [1.165, 1.54) is 6.92 Å². The molecule has 0 aliphatic rings. The van der Waals surface area contributed by atoms with Crippen molar-refractivity contribution in [2.24, 2.45) is 0 Å². The first-order chi connectivity index (χ1) is 12.2. The summed E-state index contributed by atoms with van der Waals surface area (Å²) in [5, 5.41) is 10.4. The van der Waals surface area contributed by atoms with Crippen LogP contribution in [0.5, 0.6) is 5.75 Å². The molecule has 0 bridgehead atoms. The van der Waals surface area contributed by atoms with Crippen LogP contribution in [0.1, 0.15) is 6.92 Å². The van der Waals surface area contributed by atoms with Crippen LogP contribution in [0, 0.1) is 0 Å². The number of esters is 1. The van der Waals surface area contributed by atoms with Gasteiger partial charge in [-0.1, -0.05) is 48.5 Å². The topological polar surface area (TPSA) is 65.2 Å². The molecule has 0 unspecified atom stereocenters. The zero-order valence-corrected chi connectivity index (χ0v) is 13.5. The Labute approximate surface area is 143 Å². The van der Waals surface area contributed by atoms with Crippen molar-refractivity contribution in [2.45, 2.75) is 6.92 Å². The number of rotatable bonds is 3. The molecule has 1 heterocycles. The molecule has 0 aliphatic heterocycles. The van der Waals surface area contributed by atoms with Crippen molar-refractivity contribution < 1.29 is 13.9 Å². The van der Waals surface area contributed by atoms with Gasteiger partial charge >= 0.3 is 5.97 Å². The molecule has 0 saturated heterocycles. The number of fused-ring (bicyclic) bond motifs is 1. The van der Waals surface area contributed by atoms with Crippen LogP contribution in [0.25, 0.3) is 33.7 Å². The van der Waals surface area contributed by atoms with Gasteiger partial charge in [0.05, 0.1) is 5.56 Å². The highest BCUT2D eigenvalue weighted by molar-refractivity contribution is 5.94. The van der Waals surface area contributed by atoms with Gasteiger partial charge in [0.2, 0.25) is 5.89 Å². The summed E-state index contributed by atoms with van der Waals surface area (Å²) in [6, 6.07) is 21.0. The average molecular weight is 330 g/mol. The van der Waals surface area contributed by atoms with E-state index < -0.39 is 5.97 Å². The summed E-state index contributed by atoms with van der Waals surface area (Å²) in [6.07, 6.45) is 0. The Kier molecular flexibility index (Phi) is 3.74. The van der Waals surface area contributed by atoms with Crippen LogP contribution >= 0.6 is 0 Å². The van der Waals surface area contributed by atoms with Crippen LogP contribution < -0.4 is 4.74 Å². The van der Waals surface area contributed by atoms with Crippen molar-refractivity contribution in [1.29, 1.82) is 0 Å². The van der Waals surface area contributed by atoms with Gasteiger partial charge < -0.3 is 9.15 Å². The number of para-hydroxylation sites is 1. The van der Waals surface area contributed by atoms with Gasteiger partial charge in [-0.2, -0.15) is 0 Å². The van der Waals surface area contributed by atoms with Gasteiger partial charge in [0.15, 0.2) is 0 Å². The zero-order valence-electron chi connectivity index (χ0n) is 13.5. The van der Waals surface area contributed by atoms with Crippen molar-refractivity contribution in [2.75, 3.05) is 0 Å². The molecule has 0 aliphatic carbocycles. The number of benzene rings is 3. The van der Waals surface area contributed by atoms with Crippen LogP contribution in [-0.4, -0.2) is 16.2 Å². The highest BCUT2D eigenvalue weighted by atomic mass is 16.5. The number of ether oxygens (including phenoxy) is 1. The lowest BCUT2D eigenvalue weighted by molar-refractivity contribution is -0.131. The number of hydrogen-bond donors (Lipinski definition) is 0. The maximum atomic E-state index is 11.3. The quantitative estimate of drug-likeness (QED) is 0.409. The number of carbonyl (C=O) groups excluding carboxylic acids is 1. The molecule has 4 rings (SSSR count). The molecule has 122 valence electrons. The Morgan fingerprint density at radius 2 is 1.48 bits per heavy atom. The van der Waals surface area contributed by atoms with E-state index in [-0.39, 0.29) is 0 Å². The normalized spacial score (nSPS) is 10.8. The first-order valence-electron chi connectivity index (χ1n) is 7.82. The second-order valence-corrected chi connectivity index (χ2v) is 5.53. The Hall–Kier alpha value is -3.47. The molecule has 0 atom stereocenters. The van der Waals surface area contributed by atoms with Crippen LogP contribution in [0.3, 0.4) is 0 Å². The minimum Gasteiger partial charge on any atom is -0.426 e. The summed E-state index contributed by atoms with van der Waals surface area (Å²) in [7, 11) is 0. The van der Waals surface area contributed by atoms with Gasteiger partial charge in [-0.25, -0.2) is 0 Å². The van der Waals surface area contributed by atoms with E-state index in [9.17, 15) is 4.79 Å². The molecule has 0 N–H and O–H groups in total. The minimum atomic E-state index is -0.402. The summed E-state index contributed by atoms with van der Waals surface area (Å²) in [4.78, 5) is 11.3. The second-order valence-electron chi connectivity index (χ2n) is 5.53. The van der Waals surface area contributed by atoms with Crippen LogP contribution in [-0.2, 0) is 4.79 Å². The summed E-state index contributed by atoms with van der Waals surface area (Å²) < 4.78 is 11.1. The molecule has 0 saturated carbocycles. The molecule has 4 aromatic rings. The number of nitrogens with zero attached hydrogens (tertiary/aromatic N) is 2. The summed E-state index contributed by atoms with van der Waals surface area (Å²) in [6.45, 7) is 1.35. The molecule has 0 radical (unpaired) electrons. The minimum absolute atomic E-state index is 0.305. The second kappa shape index (κ2) is 6.20. The third-order valence-corrected chi connectivity index (χ3v) is 3.82. The van der Waals surface area contributed by atoms with Crippen LogP contribution in [0.4, 0.5) is 0 Å². The van der Waals surface area contributed by atoms with Gasteiger partial charge in [0.25, 0.3) is 5.89 Å². The monoisotopic (exact) mass is 330 g/mol. The Balaban J connectivity index is 1.80. The average Bonchev–Trinajstić information content (AvgIpc) is 3.11. The van der Waals surface area contributed by atoms with Crippen molar-refractivity contribution in [1.82, 2.24) is 10.2 Å². The fourth-order valence-corrected chi connectivity index (χ4v) is 2.74. The van der Waals surface area contributed by atoms with E-state index in [0.717, 1.165) is 16.3 Å². The summed E-state index contributed by atoms with van der Waals surface area (Å²) in [5.74, 6) is 0.716. The van der Waals surface area contributed by atoms with Gasteiger partial charge in [-0.15, -0.1) is 10.2 Å². The van der Waals surface area contributed by atoms with Gasteiger partial charge in [0.1, 0.15) is 5.75 Å². The maximum absolute atomic E-state index is 11.3. The zero-order chi connectivity index (χ0) is 17.2. The van der Waals surface area contributed by atoms with Crippen LogP contribution in [0.2, 0.25) is 0 Å². The first kappa shape index (κ1) is 15.1.